The number of amidine groups is 1. The Bertz CT molecular complexity index is 821. The molecule has 2 fully saturated rings. The monoisotopic (exact) mass is 386 g/mol. The van der Waals surface area contributed by atoms with Crippen LogP contribution in [-0.2, 0) is 14.6 Å². The minimum absolute atomic E-state index is 0.0745. The van der Waals surface area contributed by atoms with Crippen molar-refractivity contribution in [1.29, 1.82) is 0 Å². The summed E-state index contributed by atoms with van der Waals surface area (Å²) in [4.78, 5) is 18.2. The predicted octanol–water partition coefficient (Wildman–Crippen LogP) is 2.91. The molecule has 0 aromatic heterocycles. The number of anilines is 1. The lowest BCUT2D eigenvalue weighted by Gasteiger charge is -2.25. The summed E-state index contributed by atoms with van der Waals surface area (Å²) in [5, 5.41) is 1.07. The van der Waals surface area contributed by atoms with Crippen molar-refractivity contribution in [2.75, 3.05) is 16.4 Å². The standard InChI is InChI=1S/C16H19ClN2O3S2/c1-9(2)15(20)18-16-19(11-5-4-10(3)12(17)6-11)13-7-24(21,22)8-14(13)23-16/h4-6,9,13-14H,7-8H2,1-3H3/t13-,14+/m0/s1. The first-order valence-electron chi connectivity index (χ1n) is 7.73. The zero-order valence-electron chi connectivity index (χ0n) is 13.7. The van der Waals surface area contributed by atoms with Crippen LogP contribution in [0, 0.1) is 12.8 Å². The number of thioether (sulfide) groups is 1. The molecule has 130 valence electrons. The van der Waals surface area contributed by atoms with Gasteiger partial charge in [0.15, 0.2) is 15.0 Å². The highest BCUT2D eigenvalue weighted by atomic mass is 35.5. The molecule has 1 amide bonds. The van der Waals surface area contributed by atoms with Crippen molar-refractivity contribution in [1.82, 2.24) is 0 Å². The molecule has 1 aromatic rings. The Morgan fingerprint density at radius 2 is 2.08 bits per heavy atom. The molecule has 0 saturated carbocycles. The minimum Gasteiger partial charge on any atom is -0.316 e. The summed E-state index contributed by atoms with van der Waals surface area (Å²) in [5.41, 5.74) is 1.72. The lowest BCUT2D eigenvalue weighted by molar-refractivity contribution is -0.120. The average molecular weight is 387 g/mol. The molecule has 8 heteroatoms. The molecule has 2 saturated heterocycles. The molecule has 2 aliphatic heterocycles. The van der Waals surface area contributed by atoms with E-state index < -0.39 is 9.84 Å². The van der Waals surface area contributed by atoms with Gasteiger partial charge in [-0.1, -0.05) is 43.3 Å². The van der Waals surface area contributed by atoms with Crippen LogP contribution in [0.25, 0.3) is 0 Å². The molecule has 0 aliphatic carbocycles. The van der Waals surface area contributed by atoms with Crippen molar-refractivity contribution in [3.8, 4) is 0 Å². The zero-order valence-corrected chi connectivity index (χ0v) is 16.1. The highest BCUT2D eigenvalue weighted by Gasteiger charge is 2.49. The van der Waals surface area contributed by atoms with E-state index in [1.165, 1.54) is 11.8 Å². The Hall–Kier alpha value is -1.05. The number of aryl methyl sites for hydroxylation is 1. The van der Waals surface area contributed by atoms with Crippen LogP contribution in [0.2, 0.25) is 5.02 Å². The van der Waals surface area contributed by atoms with Gasteiger partial charge < -0.3 is 4.90 Å². The van der Waals surface area contributed by atoms with Crippen molar-refractivity contribution in [3.05, 3.63) is 28.8 Å². The lowest BCUT2D eigenvalue weighted by atomic mass is 10.1. The molecule has 0 spiro atoms. The molecule has 2 atom stereocenters. The molecule has 5 nitrogen and oxygen atoms in total. The quantitative estimate of drug-likeness (QED) is 0.781. The van der Waals surface area contributed by atoms with Crippen molar-refractivity contribution in [3.63, 3.8) is 0 Å². The maximum atomic E-state index is 12.1. The van der Waals surface area contributed by atoms with Gasteiger partial charge in [-0.2, -0.15) is 4.99 Å². The smallest absolute Gasteiger partial charge is 0.250 e. The Kier molecular flexibility index (Phi) is 4.70. The van der Waals surface area contributed by atoms with Gasteiger partial charge in [0.1, 0.15) is 0 Å². The Morgan fingerprint density at radius 1 is 1.38 bits per heavy atom. The fourth-order valence-electron chi connectivity index (χ4n) is 2.82. The molecule has 1 aromatic carbocycles. The second-order valence-electron chi connectivity index (χ2n) is 6.49. The maximum absolute atomic E-state index is 12.1. The van der Waals surface area contributed by atoms with Crippen LogP contribution in [-0.4, -0.2) is 42.3 Å². The summed E-state index contributed by atoms with van der Waals surface area (Å²) < 4.78 is 24.0. The number of halogens is 1. The van der Waals surface area contributed by atoms with Gasteiger partial charge in [-0.3, -0.25) is 4.79 Å². The second kappa shape index (κ2) is 6.35. The van der Waals surface area contributed by atoms with Gasteiger partial charge in [0.2, 0.25) is 0 Å². The van der Waals surface area contributed by atoms with Gasteiger partial charge in [0.25, 0.3) is 5.91 Å². The number of carbonyl (C=O) groups is 1. The second-order valence-corrected chi connectivity index (χ2v) is 10.3. The summed E-state index contributed by atoms with van der Waals surface area (Å²) in [7, 11) is -3.07. The normalized spacial score (nSPS) is 27.0. The summed E-state index contributed by atoms with van der Waals surface area (Å²) in [6, 6.07) is 5.38. The van der Waals surface area contributed by atoms with Gasteiger partial charge >= 0.3 is 0 Å². The largest absolute Gasteiger partial charge is 0.316 e. The van der Waals surface area contributed by atoms with Crippen LogP contribution in [0.3, 0.4) is 0 Å². The topological polar surface area (TPSA) is 66.8 Å². The number of carbonyl (C=O) groups excluding carboxylic acids is 1. The number of nitrogens with zero attached hydrogens (tertiary/aromatic N) is 2. The Labute approximate surface area is 151 Å². The summed E-state index contributed by atoms with van der Waals surface area (Å²) in [5.74, 6) is -0.215. The molecule has 0 radical (unpaired) electrons. The van der Waals surface area contributed by atoms with Crippen LogP contribution in [0.4, 0.5) is 5.69 Å². The average Bonchev–Trinajstić information content (AvgIpc) is 2.93. The Morgan fingerprint density at radius 3 is 2.71 bits per heavy atom. The number of benzene rings is 1. The van der Waals surface area contributed by atoms with E-state index in [1.54, 1.807) is 19.9 Å². The van der Waals surface area contributed by atoms with Gasteiger partial charge in [0.05, 0.1) is 17.5 Å². The molecule has 24 heavy (non-hydrogen) atoms. The lowest BCUT2D eigenvalue weighted by Crippen LogP contribution is -2.37. The first kappa shape index (κ1) is 17.8. The molecule has 0 bridgehead atoms. The van der Waals surface area contributed by atoms with Crippen LogP contribution >= 0.6 is 23.4 Å². The number of hydrogen-bond acceptors (Lipinski definition) is 4. The van der Waals surface area contributed by atoms with Gasteiger partial charge in [-0.05, 0) is 24.6 Å². The van der Waals surface area contributed by atoms with E-state index >= 15 is 0 Å². The number of amides is 1. The van der Waals surface area contributed by atoms with Crippen molar-refractivity contribution >= 4 is 50.0 Å². The van der Waals surface area contributed by atoms with Crippen molar-refractivity contribution < 1.29 is 13.2 Å². The van der Waals surface area contributed by atoms with E-state index in [0.717, 1.165) is 11.3 Å². The first-order chi connectivity index (χ1) is 11.2. The van der Waals surface area contributed by atoms with Gasteiger partial charge in [-0.15, -0.1) is 0 Å². The number of sulfone groups is 1. The molecular formula is C16H19ClN2O3S2. The SMILES string of the molecule is Cc1ccc(N2C(=NC(=O)C(C)C)S[C@@H]3CS(=O)(=O)C[C@@H]32)cc1Cl. The van der Waals surface area contributed by atoms with Gasteiger partial charge in [0, 0.05) is 21.9 Å². The molecule has 3 rings (SSSR count). The first-order valence-corrected chi connectivity index (χ1v) is 10.8. The van der Waals surface area contributed by atoms with Crippen LogP contribution in [0.15, 0.2) is 23.2 Å². The zero-order chi connectivity index (χ0) is 17.6. The van der Waals surface area contributed by atoms with E-state index in [1.807, 2.05) is 24.0 Å². The minimum atomic E-state index is -3.07. The van der Waals surface area contributed by atoms with E-state index in [9.17, 15) is 13.2 Å². The highest BCUT2D eigenvalue weighted by Crippen LogP contribution is 2.41. The van der Waals surface area contributed by atoms with Gasteiger partial charge in [-0.25, -0.2) is 8.42 Å². The number of hydrogen-bond donors (Lipinski definition) is 0. The number of aliphatic imine (C=N–C) groups is 1. The van der Waals surface area contributed by atoms with Crippen molar-refractivity contribution in [2.45, 2.75) is 32.1 Å². The third kappa shape index (κ3) is 3.34. The summed E-state index contributed by atoms with van der Waals surface area (Å²) >= 11 is 7.61. The Balaban J connectivity index is 2.04. The molecule has 0 N–H and O–H groups in total. The third-order valence-corrected chi connectivity index (χ3v) is 7.82. The fourth-order valence-corrected chi connectivity index (χ4v) is 6.92. The number of rotatable bonds is 2. The predicted molar refractivity (Wildman–Crippen MR) is 99.8 cm³/mol. The van der Waals surface area contributed by atoms with E-state index in [0.29, 0.717) is 10.2 Å². The molecule has 0 unspecified atom stereocenters. The highest BCUT2D eigenvalue weighted by molar-refractivity contribution is 8.16. The maximum Gasteiger partial charge on any atom is 0.250 e. The summed E-state index contributed by atoms with van der Waals surface area (Å²) in [6.07, 6.45) is 0. The van der Waals surface area contributed by atoms with Crippen LogP contribution < -0.4 is 4.90 Å². The molecule has 2 aliphatic rings. The summed E-state index contributed by atoms with van der Waals surface area (Å²) in [6.45, 7) is 5.50. The third-order valence-electron chi connectivity index (χ3n) is 4.20. The van der Waals surface area contributed by atoms with Crippen molar-refractivity contribution in [2.24, 2.45) is 10.9 Å². The fraction of sp³-hybridized carbons (Fsp3) is 0.500. The molecule has 2 heterocycles. The van der Waals surface area contributed by atoms with Crippen LogP contribution in [0.1, 0.15) is 19.4 Å². The van der Waals surface area contributed by atoms with E-state index in [4.69, 9.17) is 11.6 Å². The van der Waals surface area contributed by atoms with Crippen LogP contribution in [0.5, 0.6) is 0 Å². The van der Waals surface area contributed by atoms with E-state index in [-0.39, 0.29) is 34.6 Å². The van der Waals surface area contributed by atoms with E-state index in [2.05, 4.69) is 4.99 Å². The molecular weight excluding hydrogens is 368 g/mol. The number of fused-ring (bicyclic) bond motifs is 1.